The molecule has 0 aliphatic rings. The zero-order valence-electron chi connectivity index (χ0n) is 9.80. The highest BCUT2D eigenvalue weighted by Crippen LogP contribution is 2.19. The van der Waals surface area contributed by atoms with E-state index in [1.165, 1.54) is 0 Å². The van der Waals surface area contributed by atoms with Crippen molar-refractivity contribution in [2.45, 2.75) is 33.2 Å². The van der Waals surface area contributed by atoms with Crippen LogP contribution in [-0.4, -0.2) is 12.1 Å². The summed E-state index contributed by atoms with van der Waals surface area (Å²) in [5.41, 5.74) is 1.91. The molecule has 0 radical (unpaired) electrons. The van der Waals surface area contributed by atoms with Crippen molar-refractivity contribution in [1.82, 2.24) is 5.32 Å². The first-order valence-electron chi connectivity index (χ1n) is 5.36. The van der Waals surface area contributed by atoms with Crippen LogP contribution in [0, 0.1) is 6.92 Å². The number of hydrogen-bond acceptors (Lipinski definition) is 1. The minimum Gasteiger partial charge on any atom is -0.335 e. The van der Waals surface area contributed by atoms with E-state index in [0.717, 1.165) is 22.1 Å². The summed E-state index contributed by atoms with van der Waals surface area (Å²) in [4.78, 5) is 11.5. The zero-order valence-corrected chi connectivity index (χ0v) is 11.4. The van der Waals surface area contributed by atoms with E-state index in [4.69, 9.17) is 0 Å². The van der Waals surface area contributed by atoms with Crippen LogP contribution in [0.2, 0.25) is 0 Å². The molecule has 0 bridgehead atoms. The number of urea groups is 1. The molecule has 1 atom stereocenters. The minimum atomic E-state index is -0.156. The number of rotatable bonds is 3. The summed E-state index contributed by atoms with van der Waals surface area (Å²) in [5.74, 6) is 0. The normalized spacial score (nSPS) is 12.0. The summed E-state index contributed by atoms with van der Waals surface area (Å²) in [5, 5.41) is 5.65. The molecule has 0 heterocycles. The highest BCUT2D eigenvalue weighted by Gasteiger charge is 2.05. The summed E-state index contributed by atoms with van der Waals surface area (Å²) in [7, 11) is 0. The van der Waals surface area contributed by atoms with Crippen LogP contribution in [0.4, 0.5) is 10.5 Å². The topological polar surface area (TPSA) is 41.1 Å². The van der Waals surface area contributed by atoms with Crippen LogP contribution in [0.3, 0.4) is 0 Å². The van der Waals surface area contributed by atoms with Crippen molar-refractivity contribution >= 4 is 27.6 Å². The quantitative estimate of drug-likeness (QED) is 0.874. The highest BCUT2D eigenvalue weighted by atomic mass is 79.9. The number of aryl methyl sites for hydroxylation is 1. The molecule has 0 aromatic heterocycles. The Morgan fingerprint density at radius 3 is 2.75 bits per heavy atom. The summed E-state index contributed by atoms with van der Waals surface area (Å²) >= 11 is 3.42. The van der Waals surface area contributed by atoms with Crippen molar-refractivity contribution in [3.8, 4) is 0 Å². The maximum atomic E-state index is 11.5. The molecular weight excluding hydrogens is 268 g/mol. The Kier molecular flexibility index (Phi) is 4.80. The molecule has 0 aliphatic carbocycles. The SMILES string of the molecule is CC[C@@H](C)NC(=O)Nc1ccc(Br)c(C)c1. The number of halogens is 1. The van der Waals surface area contributed by atoms with Crippen molar-refractivity contribution in [3.05, 3.63) is 28.2 Å². The molecular formula is C12H17BrN2O. The van der Waals surface area contributed by atoms with E-state index >= 15 is 0 Å². The Balaban J connectivity index is 2.59. The first kappa shape index (κ1) is 13.0. The zero-order chi connectivity index (χ0) is 12.1. The molecule has 0 unspecified atom stereocenters. The Bertz CT molecular complexity index is 379. The van der Waals surface area contributed by atoms with Gasteiger partial charge >= 0.3 is 6.03 Å². The predicted molar refractivity (Wildman–Crippen MR) is 70.8 cm³/mol. The maximum Gasteiger partial charge on any atom is 0.319 e. The van der Waals surface area contributed by atoms with E-state index in [1.807, 2.05) is 39.0 Å². The number of carbonyl (C=O) groups excluding carboxylic acids is 1. The van der Waals surface area contributed by atoms with E-state index < -0.39 is 0 Å². The van der Waals surface area contributed by atoms with Crippen molar-refractivity contribution < 1.29 is 4.79 Å². The van der Waals surface area contributed by atoms with E-state index in [0.29, 0.717) is 0 Å². The van der Waals surface area contributed by atoms with Gasteiger partial charge in [-0.15, -0.1) is 0 Å². The summed E-state index contributed by atoms with van der Waals surface area (Å²) in [6.07, 6.45) is 0.923. The Morgan fingerprint density at radius 2 is 2.19 bits per heavy atom. The van der Waals surface area contributed by atoms with E-state index in [2.05, 4.69) is 26.6 Å². The molecule has 88 valence electrons. The summed E-state index contributed by atoms with van der Waals surface area (Å²) in [6, 6.07) is 5.76. The Labute approximate surface area is 105 Å². The lowest BCUT2D eigenvalue weighted by Gasteiger charge is -2.13. The first-order chi connectivity index (χ1) is 7.52. The molecule has 1 aromatic rings. The van der Waals surface area contributed by atoms with Gasteiger partial charge in [0.2, 0.25) is 0 Å². The predicted octanol–water partition coefficient (Wildman–Crippen LogP) is 3.68. The molecule has 1 aromatic carbocycles. The van der Waals surface area contributed by atoms with Crippen LogP contribution in [0.5, 0.6) is 0 Å². The maximum absolute atomic E-state index is 11.5. The third-order valence-corrected chi connectivity index (χ3v) is 3.30. The molecule has 1 rings (SSSR count). The lowest BCUT2D eigenvalue weighted by molar-refractivity contribution is 0.249. The molecule has 0 spiro atoms. The van der Waals surface area contributed by atoms with Gasteiger partial charge in [0.25, 0.3) is 0 Å². The second-order valence-electron chi connectivity index (χ2n) is 3.87. The average molecular weight is 285 g/mol. The van der Waals surface area contributed by atoms with Gasteiger partial charge in [-0.3, -0.25) is 0 Å². The Hall–Kier alpha value is -1.03. The molecule has 0 fully saturated rings. The minimum absolute atomic E-state index is 0.156. The number of anilines is 1. The molecule has 0 aliphatic heterocycles. The van der Waals surface area contributed by atoms with Gasteiger partial charge in [-0.1, -0.05) is 22.9 Å². The van der Waals surface area contributed by atoms with Gasteiger partial charge in [-0.05, 0) is 44.0 Å². The van der Waals surface area contributed by atoms with Gasteiger partial charge in [-0.25, -0.2) is 4.79 Å². The fourth-order valence-corrected chi connectivity index (χ4v) is 1.46. The number of hydrogen-bond donors (Lipinski definition) is 2. The van der Waals surface area contributed by atoms with Gasteiger partial charge in [0.15, 0.2) is 0 Å². The first-order valence-corrected chi connectivity index (χ1v) is 6.16. The van der Waals surface area contributed by atoms with Gasteiger partial charge < -0.3 is 10.6 Å². The van der Waals surface area contributed by atoms with Crippen LogP contribution in [0.15, 0.2) is 22.7 Å². The van der Waals surface area contributed by atoms with Crippen LogP contribution in [0.1, 0.15) is 25.8 Å². The molecule has 2 amide bonds. The molecule has 2 N–H and O–H groups in total. The standard InChI is InChI=1S/C12H17BrN2O/c1-4-9(3)14-12(16)15-10-5-6-11(13)8(2)7-10/h5-7,9H,4H2,1-3H3,(H2,14,15,16)/t9-/m1/s1. The van der Waals surface area contributed by atoms with E-state index in [9.17, 15) is 4.79 Å². The third kappa shape index (κ3) is 3.85. The van der Waals surface area contributed by atoms with Crippen molar-refractivity contribution in [2.75, 3.05) is 5.32 Å². The molecule has 4 heteroatoms. The van der Waals surface area contributed by atoms with E-state index in [-0.39, 0.29) is 12.1 Å². The van der Waals surface area contributed by atoms with Crippen LogP contribution >= 0.6 is 15.9 Å². The fraction of sp³-hybridized carbons (Fsp3) is 0.417. The van der Waals surface area contributed by atoms with Crippen molar-refractivity contribution in [3.63, 3.8) is 0 Å². The number of benzene rings is 1. The largest absolute Gasteiger partial charge is 0.335 e. The van der Waals surface area contributed by atoms with Gasteiger partial charge in [0, 0.05) is 16.2 Å². The fourth-order valence-electron chi connectivity index (χ4n) is 1.22. The van der Waals surface area contributed by atoms with Crippen molar-refractivity contribution in [1.29, 1.82) is 0 Å². The summed E-state index contributed by atoms with van der Waals surface area (Å²) in [6.45, 7) is 6.00. The van der Waals surface area contributed by atoms with Gasteiger partial charge in [0.05, 0.1) is 0 Å². The van der Waals surface area contributed by atoms with Gasteiger partial charge in [-0.2, -0.15) is 0 Å². The number of amides is 2. The van der Waals surface area contributed by atoms with Crippen LogP contribution in [-0.2, 0) is 0 Å². The lowest BCUT2D eigenvalue weighted by Crippen LogP contribution is -2.35. The molecule has 0 saturated carbocycles. The monoisotopic (exact) mass is 284 g/mol. The smallest absolute Gasteiger partial charge is 0.319 e. The number of carbonyl (C=O) groups is 1. The summed E-state index contributed by atoms with van der Waals surface area (Å²) < 4.78 is 1.04. The average Bonchev–Trinajstić information content (AvgIpc) is 2.23. The second kappa shape index (κ2) is 5.89. The lowest BCUT2D eigenvalue weighted by atomic mass is 10.2. The highest BCUT2D eigenvalue weighted by molar-refractivity contribution is 9.10. The van der Waals surface area contributed by atoms with Crippen molar-refractivity contribution in [2.24, 2.45) is 0 Å². The Morgan fingerprint density at radius 1 is 1.50 bits per heavy atom. The second-order valence-corrected chi connectivity index (χ2v) is 4.73. The molecule has 3 nitrogen and oxygen atoms in total. The van der Waals surface area contributed by atoms with Crippen LogP contribution < -0.4 is 10.6 Å². The molecule has 0 saturated heterocycles. The van der Waals surface area contributed by atoms with Gasteiger partial charge in [0.1, 0.15) is 0 Å². The van der Waals surface area contributed by atoms with Crippen LogP contribution in [0.25, 0.3) is 0 Å². The van der Waals surface area contributed by atoms with E-state index in [1.54, 1.807) is 0 Å². The third-order valence-electron chi connectivity index (χ3n) is 2.41. The molecule has 16 heavy (non-hydrogen) atoms. The number of nitrogens with one attached hydrogen (secondary N) is 2.